The van der Waals surface area contributed by atoms with E-state index in [4.69, 9.17) is 14.2 Å². The van der Waals surface area contributed by atoms with Gasteiger partial charge in [-0.05, 0) is 31.5 Å². The fraction of sp³-hybridized carbons (Fsp3) is 0.500. The van der Waals surface area contributed by atoms with Crippen molar-refractivity contribution in [1.29, 1.82) is 0 Å². The van der Waals surface area contributed by atoms with Crippen LogP contribution in [0.2, 0.25) is 0 Å². The molecule has 0 spiro atoms. The van der Waals surface area contributed by atoms with E-state index in [-0.39, 0.29) is 6.61 Å². The van der Waals surface area contributed by atoms with Gasteiger partial charge in [-0.15, -0.1) is 0 Å². The second kappa shape index (κ2) is 5.48. The number of rotatable bonds is 3. The first-order chi connectivity index (χ1) is 9.05. The van der Waals surface area contributed by atoms with Gasteiger partial charge in [-0.3, -0.25) is 0 Å². The topological polar surface area (TPSA) is 65.0 Å². The highest BCUT2D eigenvalue weighted by molar-refractivity contribution is 5.80. The van der Waals surface area contributed by atoms with E-state index < -0.39 is 11.6 Å². The van der Waals surface area contributed by atoms with Crippen molar-refractivity contribution < 1.29 is 24.1 Å². The van der Waals surface area contributed by atoms with E-state index in [0.717, 1.165) is 6.42 Å². The van der Waals surface area contributed by atoms with E-state index in [2.05, 4.69) is 0 Å². The average molecular weight is 266 g/mol. The van der Waals surface area contributed by atoms with Crippen LogP contribution in [-0.4, -0.2) is 30.9 Å². The highest BCUT2D eigenvalue weighted by Gasteiger charge is 2.35. The van der Waals surface area contributed by atoms with E-state index >= 15 is 0 Å². The third-order valence-electron chi connectivity index (χ3n) is 2.98. The number of hydrogen-bond donors (Lipinski definition) is 1. The zero-order chi connectivity index (χ0) is 13.9. The molecule has 0 radical (unpaired) electrons. The minimum atomic E-state index is -1.69. The van der Waals surface area contributed by atoms with Gasteiger partial charge in [0.15, 0.2) is 17.1 Å². The van der Waals surface area contributed by atoms with Crippen LogP contribution in [0, 0.1) is 0 Å². The fourth-order valence-corrected chi connectivity index (χ4v) is 1.86. The van der Waals surface area contributed by atoms with Crippen molar-refractivity contribution in [2.24, 2.45) is 0 Å². The summed E-state index contributed by atoms with van der Waals surface area (Å²) in [7, 11) is 0. The molecule has 1 aliphatic heterocycles. The molecule has 1 N–H and O–H groups in total. The number of carbonyl (C=O) groups is 1. The summed E-state index contributed by atoms with van der Waals surface area (Å²) in [6.07, 6.45) is 0.804. The van der Waals surface area contributed by atoms with Gasteiger partial charge in [0.05, 0.1) is 19.8 Å². The number of hydrogen-bond acceptors (Lipinski definition) is 5. The van der Waals surface area contributed by atoms with Crippen LogP contribution < -0.4 is 9.47 Å². The molecule has 0 saturated carbocycles. The summed E-state index contributed by atoms with van der Waals surface area (Å²) in [6, 6.07) is 4.96. The summed E-state index contributed by atoms with van der Waals surface area (Å²) >= 11 is 0. The maximum atomic E-state index is 11.8. The molecule has 1 aliphatic rings. The van der Waals surface area contributed by atoms with Gasteiger partial charge < -0.3 is 19.3 Å². The van der Waals surface area contributed by atoms with Crippen LogP contribution in [0.5, 0.6) is 11.5 Å². The van der Waals surface area contributed by atoms with Gasteiger partial charge in [0.25, 0.3) is 0 Å². The van der Waals surface area contributed by atoms with Crippen LogP contribution in [0.1, 0.15) is 25.8 Å². The van der Waals surface area contributed by atoms with E-state index in [1.807, 2.05) is 0 Å². The number of aliphatic hydroxyl groups is 1. The average Bonchev–Trinajstić information content (AvgIpc) is 2.63. The van der Waals surface area contributed by atoms with Gasteiger partial charge in [-0.2, -0.15) is 0 Å². The Labute approximate surface area is 112 Å². The summed E-state index contributed by atoms with van der Waals surface area (Å²) in [4.78, 5) is 11.8. The molecule has 1 unspecified atom stereocenters. The van der Waals surface area contributed by atoms with E-state index in [1.165, 1.54) is 6.92 Å². The molecule has 0 fully saturated rings. The highest BCUT2D eigenvalue weighted by atomic mass is 16.5. The molecule has 2 rings (SSSR count). The van der Waals surface area contributed by atoms with E-state index in [1.54, 1.807) is 25.1 Å². The van der Waals surface area contributed by atoms with Crippen molar-refractivity contribution in [3.63, 3.8) is 0 Å². The molecule has 1 aromatic rings. The number of esters is 1. The number of ether oxygens (including phenoxy) is 3. The molecule has 5 nitrogen and oxygen atoms in total. The second-order valence-corrected chi connectivity index (χ2v) is 4.50. The molecule has 0 amide bonds. The molecule has 104 valence electrons. The van der Waals surface area contributed by atoms with Gasteiger partial charge in [0.1, 0.15) is 0 Å². The van der Waals surface area contributed by atoms with Crippen LogP contribution in [-0.2, 0) is 15.1 Å². The Morgan fingerprint density at radius 3 is 2.74 bits per heavy atom. The van der Waals surface area contributed by atoms with Crippen molar-refractivity contribution in [2.75, 3.05) is 19.8 Å². The quantitative estimate of drug-likeness (QED) is 0.842. The van der Waals surface area contributed by atoms with Gasteiger partial charge >= 0.3 is 5.97 Å². The Morgan fingerprint density at radius 2 is 2.05 bits per heavy atom. The normalized spacial score (nSPS) is 17.2. The van der Waals surface area contributed by atoms with Crippen molar-refractivity contribution in [3.8, 4) is 11.5 Å². The lowest BCUT2D eigenvalue weighted by molar-refractivity contribution is -0.164. The zero-order valence-electron chi connectivity index (χ0n) is 11.1. The largest absolute Gasteiger partial charge is 0.490 e. The van der Waals surface area contributed by atoms with Crippen LogP contribution >= 0.6 is 0 Å². The molecule has 5 heteroatoms. The SMILES string of the molecule is CCOC(=O)C(C)(O)c1ccc2c(c1)OCCCO2. The van der Waals surface area contributed by atoms with Gasteiger partial charge in [0.2, 0.25) is 0 Å². The Morgan fingerprint density at radius 1 is 1.37 bits per heavy atom. The summed E-state index contributed by atoms with van der Waals surface area (Å²) < 4.78 is 15.9. The molecule has 0 saturated heterocycles. The molecule has 1 heterocycles. The van der Waals surface area contributed by atoms with Crippen molar-refractivity contribution in [2.45, 2.75) is 25.9 Å². The maximum Gasteiger partial charge on any atom is 0.342 e. The van der Waals surface area contributed by atoms with Crippen LogP contribution in [0.25, 0.3) is 0 Å². The van der Waals surface area contributed by atoms with Crippen molar-refractivity contribution >= 4 is 5.97 Å². The predicted octanol–water partition coefficient (Wildman–Crippen LogP) is 1.62. The summed E-state index contributed by atoms with van der Waals surface area (Å²) in [5.41, 5.74) is -1.27. The molecule has 1 aromatic carbocycles. The number of carbonyl (C=O) groups excluding carboxylic acids is 1. The molecular weight excluding hydrogens is 248 g/mol. The molecule has 0 aliphatic carbocycles. The third kappa shape index (κ3) is 2.81. The zero-order valence-corrected chi connectivity index (χ0v) is 11.1. The lowest BCUT2D eigenvalue weighted by Gasteiger charge is -2.22. The summed E-state index contributed by atoms with van der Waals surface area (Å²) in [5, 5.41) is 10.3. The van der Waals surface area contributed by atoms with Crippen LogP contribution in [0.3, 0.4) is 0 Å². The van der Waals surface area contributed by atoms with Gasteiger partial charge in [-0.1, -0.05) is 6.07 Å². The summed E-state index contributed by atoms with van der Waals surface area (Å²) in [5.74, 6) is 0.491. The Kier molecular flexibility index (Phi) is 3.95. The first-order valence-corrected chi connectivity index (χ1v) is 6.35. The summed E-state index contributed by atoms with van der Waals surface area (Å²) in [6.45, 7) is 4.48. The first kappa shape index (κ1) is 13.7. The van der Waals surface area contributed by atoms with Crippen LogP contribution in [0.4, 0.5) is 0 Å². The molecule has 0 aromatic heterocycles. The second-order valence-electron chi connectivity index (χ2n) is 4.50. The third-order valence-corrected chi connectivity index (χ3v) is 2.98. The minimum Gasteiger partial charge on any atom is -0.490 e. The Bertz CT molecular complexity index is 467. The molecule has 1 atom stereocenters. The predicted molar refractivity (Wildman–Crippen MR) is 68.3 cm³/mol. The maximum absolute atomic E-state index is 11.8. The lowest BCUT2D eigenvalue weighted by Crippen LogP contribution is -2.34. The lowest BCUT2D eigenvalue weighted by atomic mass is 9.96. The minimum absolute atomic E-state index is 0.222. The van der Waals surface area contributed by atoms with Gasteiger partial charge in [0, 0.05) is 6.42 Å². The molecular formula is C14H18O5. The van der Waals surface area contributed by atoms with E-state index in [0.29, 0.717) is 30.3 Å². The van der Waals surface area contributed by atoms with Crippen molar-refractivity contribution in [1.82, 2.24) is 0 Å². The monoisotopic (exact) mass is 266 g/mol. The number of benzene rings is 1. The standard InChI is InChI=1S/C14H18O5/c1-3-17-13(15)14(2,16)10-5-6-11-12(9-10)19-8-4-7-18-11/h5-6,9,16H,3-4,7-8H2,1-2H3. The first-order valence-electron chi connectivity index (χ1n) is 6.35. The molecule has 19 heavy (non-hydrogen) atoms. The Balaban J connectivity index is 2.30. The Hall–Kier alpha value is -1.75. The van der Waals surface area contributed by atoms with Crippen LogP contribution in [0.15, 0.2) is 18.2 Å². The van der Waals surface area contributed by atoms with Gasteiger partial charge in [-0.25, -0.2) is 4.79 Å². The van der Waals surface area contributed by atoms with E-state index in [9.17, 15) is 9.90 Å². The highest BCUT2D eigenvalue weighted by Crippen LogP contribution is 2.34. The smallest absolute Gasteiger partial charge is 0.342 e. The van der Waals surface area contributed by atoms with Crippen molar-refractivity contribution in [3.05, 3.63) is 23.8 Å². The fourth-order valence-electron chi connectivity index (χ4n) is 1.86. The molecule has 0 bridgehead atoms. The number of fused-ring (bicyclic) bond motifs is 1.